The second-order valence-electron chi connectivity index (χ2n) is 4.10. The Morgan fingerprint density at radius 3 is 2.67 bits per heavy atom. The largest absolute Gasteiger partial charge is 0.466 e. The molecule has 2 atom stereocenters. The normalized spacial score (nSPS) is 33.2. The van der Waals surface area contributed by atoms with Crippen molar-refractivity contribution in [2.24, 2.45) is 11.8 Å². The van der Waals surface area contributed by atoms with Crippen molar-refractivity contribution in [2.75, 3.05) is 20.3 Å². The van der Waals surface area contributed by atoms with Gasteiger partial charge < -0.3 is 14.2 Å². The van der Waals surface area contributed by atoms with Crippen LogP contribution < -0.4 is 0 Å². The molecule has 0 aromatic rings. The highest BCUT2D eigenvalue weighted by atomic mass is 16.7. The van der Waals surface area contributed by atoms with Gasteiger partial charge in [-0.05, 0) is 5.92 Å². The summed E-state index contributed by atoms with van der Waals surface area (Å²) in [6.07, 6.45) is 4.20. The minimum atomic E-state index is -0.454. The zero-order valence-electron chi connectivity index (χ0n) is 9.06. The zero-order chi connectivity index (χ0) is 10.9. The van der Waals surface area contributed by atoms with Gasteiger partial charge in [-0.1, -0.05) is 13.0 Å². The predicted octanol–water partition coefficient (Wildman–Crippen LogP) is 1.11. The predicted molar refractivity (Wildman–Crippen MR) is 53.1 cm³/mol. The third kappa shape index (κ3) is 1.79. The lowest BCUT2D eigenvalue weighted by atomic mass is 9.68. The summed E-state index contributed by atoms with van der Waals surface area (Å²) in [5, 5.41) is 0. The molecule has 1 saturated heterocycles. The second-order valence-corrected chi connectivity index (χ2v) is 4.10. The van der Waals surface area contributed by atoms with E-state index >= 15 is 0 Å². The van der Waals surface area contributed by atoms with Crippen LogP contribution in [0.15, 0.2) is 12.2 Å². The molecule has 2 aliphatic rings. The molecule has 0 aromatic heterocycles. The van der Waals surface area contributed by atoms with E-state index in [0.717, 1.165) is 6.42 Å². The maximum absolute atomic E-state index is 11.0. The van der Waals surface area contributed by atoms with E-state index in [1.54, 1.807) is 0 Å². The highest BCUT2D eigenvalue weighted by molar-refractivity contribution is 5.81. The minimum Gasteiger partial charge on any atom is -0.466 e. The van der Waals surface area contributed by atoms with Gasteiger partial charge >= 0.3 is 5.97 Å². The van der Waals surface area contributed by atoms with Crippen molar-refractivity contribution >= 4 is 5.97 Å². The van der Waals surface area contributed by atoms with Gasteiger partial charge in [-0.15, -0.1) is 0 Å². The number of rotatable bonds is 2. The third-order valence-corrected chi connectivity index (χ3v) is 3.14. The molecule has 1 saturated carbocycles. The molecular formula is C11H16O4. The van der Waals surface area contributed by atoms with Gasteiger partial charge in [0.05, 0.1) is 20.3 Å². The molecule has 1 aliphatic heterocycles. The molecule has 1 spiro atoms. The van der Waals surface area contributed by atoms with Crippen molar-refractivity contribution in [2.45, 2.75) is 19.1 Å². The molecule has 0 radical (unpaired) electrons. The van der Waals surface area contributed by atoms with Crippen LogP contribution in [0.5, 0.6) is 0 Å². The van der Waals surface area contributed by atoms with Gasteiger partial charge in [-0.25, -0.2) is 4.79 Å². The first-order chi connectivity index (χ1) is 7.18. The van der Waals surface area contributed by atoms with Crippen LogP contribution in [0.4, 0.5) is 0 Å². The smallest absolute Gasteiger partial charge is 0.330 e. The summed E-state index contributed by atoms with van der Waals surface area (Å²) in [6, 6.07) is 0. The molecule has 15 heavy (non-hydrogen) atoms. The molecule has 4 heteroatoms. The number of hydrogen-bond acceptors (Lipinski definition) is 4. The van der Waals surface area contributed by atoms with Crippen molar-refractivity contribution in [3.8, 4) is 0 Å². The molecule has 0 amide bonds. The van der Waals surface area contributed by atoms with E-state index in [9.17, 15) is 4.79 Å². The van der Waals surface area contributed by atoms with Gasteiger partial charge in [0.25, 0.3) is 0 Å². The summed E-state index contributed by atoms with van der Waals surface area (Å²) in [6.45, 7) is 3.42. The average Bonchev–Trinajstić information content (AvgIpc) is 2.68. The number of esters is 1. The van der Waals surface area contributed by atoms with E-state index in [1.165, 1.54) is 13.2 Å². The fourth-order valence-corrected chi connectivity index (χ4v) is 2.35. The van der Waals surface area contributed by atoms with Crippen LogP contribution in [0.2, 0.25) is 0 Å². The van der Waals surface area contributed by atoms with Crippen LogP contribution in [-0.2, 0) is 19.0 Å². The summed E-state index contributed by atoms with van der Waals surface area (Å²) >= 11 is 0. The molecule has 0 N–H and O–H groups in total. The van der Waals surface area contributed by atoms with Crippen LogP contribution in [0.1, 0.15) is 13.3 Å². The first kappa shape index (κ1) is 10.6. The van der Waals surface area contributed by atoms with Gasteiger partial charge in [0.15, 0.2) is 5.79 Å². The first-order valence-corrected chi connectivity index (χ1v) is 5.22. The Balaban J connectivity index is 2.00. The molecule has 0 unspecified atom stereocenters. The lowest BCUT2D eigenvalue weighted by molar-refractivity contribution is -0.258. The summed E-state index contributed by atoms with van der Waals surface area (Å²) < 4.78 is 15.7. The lowest BCUT2D eigenvalue weighted by Crippen LogP contribution is -2.53. The molecule has 4 nitrogen and oxygen atoms in total. The zero-order valence-corrected chi connectivity index (χ0v) is 9.06. The van der Waals surface area contributed by atoms with Gasteiger partial charge in [-0.3, -0.25) is 0 Å². The van der Waals surface area contributed by atoms with Crippen LogP contribution in [0.25, 0.3) is 0 Å². The molecule has 0 aromatic carbocycles. The Bertz CT molecular complexity index is 278. The van der Waals surface area contributed by atoms with E-state index in [2.05, 4.69) is 11.7 Å². The first-order valence-electron chi connectivity index (χ1n) is 5.22. The number of carbonyl (C=O) groups excluding carboxylic acids is 1. The van der Waals surface area contributed by atoms with Crippen LogP contribution in [0, 0.1) is 11.8 Å². The Kier molecular flexibility index (Phi) is 2.80. The van der Waals surface area contributed by atoms with E-state index in [1.807, 2.05) is 6.08 Å². The monoisotopic (exact) mass is 212 g/mol. The van der Waals surface area contributed by atoms with Crippen molar-refractivity contribution < 1.29 is 19.0 Å². The molecular weight excluding hydrogens is 196 g/mol. The quantitative estimate of drug-likeness (QED) is 0.508. The molecule has 1 aliphatic carbocycles. The molecule has 1 heterocycles. The number of ether oxygens (including phenoxy) is 3. The Hall–Kier alpha value is -0.870. The number of hydrogen-bond donors (Lipinski definition) is 0. The Morgan fingerprint density at radius 1 is 1.47 bits per heavy atom. The highest BCUT2D eigenvalue weighted by Crippen LogP contribution is 2.50. The fraction of sp³-hybridized carbons (Fsp3) is 0.727. The van der Waals surface area contributed by atoms with Gasteiger partial charge in [0, 0.05) is 18.4 Å². The van der Waals surface area contributed by atoms with Crippen molar-refractivity contribution in [3.05, 3.63) is 12.2 Å². The minimum absolute atomic E-state index is 0.166. The Labute approximate surface area is 89.2 Å². The van der Waals surface area contributed by atoms with Crippen LogP contribution >= 0.6 is 0 Å². The van der Waals surface area contributed by atoms with Gasteiger partial charge in [0.2, 0.25) is 0 Å². The summed E-state index contributed by atoms with van der Waals surface area (Å²) in [5.74, 6) is -0.130. The fourth-order valence-electron chi connectivity index (χ4n) is 2.35. The van der Waals surface area contributed by atoms with Crippen LogP contribution in [-0.4, -0.2) is 32.1 Å². The average molecular weight is 212 g/mol. The molecule has 84 valence electrons. The van der Waals surface area contributed by atoms with E-state index in [4.69, 9.17) is 9.47 Å². The van der Waals surface area contributed by atoms with E-state index in [-0.39, 0.29) is 11.9 Å². The maximum atomic E-state index is 11.0. The van der Waals surface area contributed by atoms with E-state index < -0.39 is 5.79 Å². The van der Waals surface area contributed by atoms with Crippen molar-refractivity contribution in [1.82, 2.24) is 0 Å². The highest BCUT2D eigenvalue weighted by Gasteiger charge is 2.55. The third-order valence-electron chi connectivity index (χ3n) is 3.14. The van der Waals surface area contributed by atoms with Gasteiger partial charge in [0.1, 0.15) is 0 Å². The molecule has 0 bridgehead atoms. The SMILES string of the molecule is COC(=O)/C=C/[C@H]1[C@H](C)CC12OCCO2. The van der Waals surface area contributed by atoms with Crippen molar-refractivity contribution in [1.29, 1.82) is 0 Å². The summed E-state index contributed by atoms with van der Waals surface area (Å²) in [4.78, 5) is 11.0. The van der Waals surface area contributed by atoms with Crippen molar-refractivity contribution in [3.63, 3.8) is 0 Å². The molecule has 2 rings (SSSR count). The van der Waals surface area contributed by atoms with Crippen LogP contribution in [0.3, 0.4) is 0 Å². The topological polar surface area (TPSA) is 44.8 Å². The summed E-state index contributed by atoms with van der Waals surface area (Å²) in [5.41, 5.74) is 0. The van der Waals surface area contributed by atoms with Gasteiger partial charge in [-0.2, -0.15) is 0 Å². The number of methoxy groups -OCH3 is 1. The molecule has 2 fully saturated rings. The summed E-state index contributed by atoms with van der Waals surface area (Å²) in [7, 11) is 1.37. The lowest BCUT2D eigenvalue weighted by Gasteiger charge is -2.48. The maximum Gasteiger partial charge on any atom is 0.330 e. The van der Waals surface area contributed by atoms with E-state index in [0.29, 0.717) is 19.1 Å². The second kappa shape index (κ2) is 3.94. The number of carbonyl (C=O) groups is 1. The standard InChI is InChI=1S/C11H16O4/c1-8-7-11(14-5-6-15-11)9(8)3-4-10(12)13-2/h3-4,8-9H,5-7H2,1-2H3/b4-3+/t8-,9+/m1/s1. The Morgan fingerprint density at radius 2 is 2.13 bits per heavy atom.